The lowest BCUT2D eigenvalue weighted by Gasteiger charge is -2.43. The predicted octanol–water partition coefficient (Wildman–Crippen LogP) is 2.68. The standard InChI is InChI=1S/C13H22O2/c1-6-8-14-13-11(5)9(3)10(4)12(7-2)15-13/h1,9-13H,7-8H2,2-5H3. The third kappa shape index (κ3) is 2.74. The number of rotatable bonds is 3. The molecule has 86 valence electrons. The monoisotopic (exact) mass is 210 g/mol. The van der Waals surface area contributed by atoms with E-state index in [2.05, 4.69) is 33.6 Å². The highest BCUT2D eigenvalue weighted by molar-refractivity contribution is 4.86. The Balaban J connectivity index is 2.62. The first-order valence-electron chi connectivity index (χ1n) is 5.82. The maximum atomic E-state index is 5.91. The van der Waals surface area contributed by atoms with Gasteiger partial charge in [0.15, 0.2) is 6.29 Å². The van der Waals surface area contributed by atoms with E-state index in [0.29, 0.717) is 30.5 Å². The van der Waals surface area contributed by atoms with Gasteiger partial charge in [-0.05, 0) is 18.3 Å². The molecule has 1 fully saturated rings. The average molecular weight is 210 g/mol. The van der Waals surface area contributed by atoms with Gasteiger partial charge in [0.1, 0.15) is 6.61 Å². The molecule has 15 heavy (non-hydrogen) atoms. The smallest absolute Gasteiger partial charge is 0.162 e. The molecule has 0 amide bonds. The molecular weight excluding hydrogens is 188 g/mol. The van der Waals surface area contributed by atoms with Crippen LogP contribution in [0.1, 0.15) is 34.1 Å². The molecule has 0 spiro atoms. The van der Waals surface area contributed by atoms with Gasteiger partial charge in [-0.15, -0.1) is 6.42 Å². The molecule has 0 aromatic heterocycles. The lowest BCUT2D eigenvalue weighted by atomic mass is 9.78. The maximum absolute atomic E-state index is 5.91. The predicted molar refractivity (Wildman–Crippen MR) is 61.2 cm³/mol. The van der Waals surface area contributed by atoms with E-state index >= 15 is 0 Å². The number of hydrogen-bond acceptors (Lipinski definition) is 2. The van der Waals surface area contributed by atoms with Crippen molar-refractivity contribution in [3.63, 3.8) is 0 Å². The van der Waals surface area contributed by atoms with E-state index < -0.39 is 0 Å². The minimum atomic E-state index is -0.128. The Morgan fingerprint density at radius 3 is 2.40 bits per heavy atom. The summed E-state index contributed by atoms with van der Waals surface area (Å²) in [5.41, 5.74) is 0. The van der Waals surface area contributed by atoms with Crippen molar-refractivity contribution in [2.75, 3.05) is 6.61 Å². The number of hydrogen-bond donors (Lipinski definition) is 0. The van der Waals surface area contributed by atoms with Crippen molar-refractivity contribution in [2.24, 2.45) is 17.8 Å². The summed E-state index contributed by atoms with van der Waals surface area (Å²) in [7, 11) is 0. The van der Waals surface area contributed by atoms with Crippen LogP contribution in [0.15, 0.2) is 0 Å². The Labute approximate surface area is 93.3 Å². The van der Waals surface area contributed by atoms with E-state index in [-0.39, 0.29) is 6.29 Å². The largest absolute Gasteiger partial charge is 0.349 e. The van der Waals surface area contributed by atoms with Crippen LogP contribution in [0.2, 0.25) is 0 Å². The number of ether oxygens (including phenoxy) is 2. The van der Waals surface area contributed by atoms with Crippen molar-refractivity contribution in [2.45, 2.75) is 46.5 Å². The highest BCUT2D eigenvalue weighted by Gasteiger charge is 2.38. The molecule has 2 nitrogen and oxygen atoms in total. The van der Waals surface area contributed by atoms with E-state index in [1.54, 1.807) is 0 Å². The molecule has 0 aromatic rings. The summed E-state index contributed by atoms with van der Waals surface area (Å²) >= 11 is 0. The summed E-state index contributed by atoms with van der Waals surface area (Å²) in [5, 5.41) is 0. The first kappa shape index (κ1) is 12.5. The summed E-state index contributed by atoms with van der Waals surface area (Å²) < 4.78 is 11.5. The van der Waals surface area contributed by atoms with Crippen molar-refractivity contribution in [3.8, 4) is 12.3 Å². The average Bonchev–Trinajstić information content (AvgIpc) is 2.25. The fraction of sp³-hybridized carbons (Fsp3) is 0.846. The molecule has 0 N–H and O–H groups in total. The Kier molecular flexibility index (Phi) is 4.63. The molecule has 1 aliphatic heterocycles. The van der Waals surface area contributed by atoms with Gasteiger partial charge >= 0.3 is 0 Å². The molecule has 0 aliphatic carbocycles. The lowest BCUT2D eigenvalue weighted by molar-refractivity contribution is -0.243. The summed E-state index contributed by atoms with van der Waals surface area (Å²) in [6.45, 7) is 9.20. The van der Waals surface area contributed by atoms with E-state index in [9.17, 15) is 0 Å². The van der Waals surface area contributed by atoms with Crippen molar-refractivity contribution < 1.29 is 9.47 Å². The molecule has 0 saturated carbocycles. The second-order valence-electron chi connectivity index (χ2n) is 4.54. The van der Waals surface area contributed by atoms with Crippen LogP contribution in [0.3, 0.4) is 0 Å². The molecule has 1 aliphatic rings. The summed E-state index contributed by atoms with van der Waals surface area (Å²) in [6, 6.07) is 0. The van der Waals surface area contributed by atoms with E-state index in [4.69, 9.17) is 15.9 Å². The fourth-order valence-electron chi connectivity index (χ4n) is 2.27. The van der Waals surface area contributed by atoms with Crippen LogP contribution < -0.4 is 0 Å². The third-order valence-electron chi connectivity index (χ3n) is 3.72. The zero-order valence-corrected chi connectivity index (χ0v) is 10.2. The fourth-order valence-corrected chi connectivity index (χ4v) is 2.27. The minimum Gasteiger partial charge on any atom is -0.349 e. The van der Waals surface area contributed by atoms with Crippen LogP contribution in [0.4, 0.5) is 0 Å². The Bertz CT molecular complexity index is 229. The first-order chi connectivity index (χ1) is 7.11. The number of terminal acetylenes is 1. The highest BCUT2D eigenvalue weighted by atomic mass is 16.7. The van der Waals surface area contributed by atoms with Crippen LogP contribution in [-0.4, -0.2) is 19.0 Å². The lowest BCUT2D eigenvalue weighted by Crippen LogP contribution is -2.45. The van der Waals surface area contributed by atoms with Crippen LogP contribution in [-0.2, 0) is 9.47 Å². The minimum absolute atomic E-state index is 0.128. The molecule has 0 bridgehead atoms. The van der Waals surface area contributed by atoms with Crippen LogP contribution in [0.25, 0.3) is 0 Å². The van der Waals surface area contributed by atoms with E-state index in [0.717, 1.165) is 6.42 Å². The van der Waals surface area contributed by atoms with Gasteiger partial charge in [0.2, 0.25) is 0 Å². The van der Waals surface area contributed by atoms with Crippen LogP contribution >= 0.6 is 0 Å². The van der Waals surface area contributed by atoms with Gasteiger partial charge in [0.05, 0.1) is 6.10 Å². The topological polar surface area (TPSA) is 18.5 Å². The quantitative estimate of drug-likeness (QED) is 0.667. The van der Waals surface area contributed by atoms with Crippen LogP contribution in [0.5, 0.6) is 0 Å². The Hall–Kier alpha value is -0.520. The SMILES string of the molecule is C#CCOC1OC(CC)C(C)C(C)C1C. The van der Waals surface area contributed by atoms with Crippen molar-refractivity contribution in [3.05, 3.63) is 0 Å². The van der Waals surface area contributed by atoms with Gasteiger partial charge in [-0.1, -0.05) is 33.6 Å². The second-order valence-corrected chi connectivity index (χ2v) is 4.54. The van der Waals surface area contributed by atoms with Crippen molar-refractivity contribution in [1.82, 2.24) is 0 Å². The second kappa shape index (κ2) is 5.53. The molecule has 0 radical (unpaired) electrons. The van der Waals surface area contributed by atoms with Gasteiger partial charge < -0.3 is 9.47 Å². The molecular formula is C13H22O2. The molecule has 1 rings (SSSR count). The van der Waals surface area contributed by atoms with Crippen molar-refractivity contribution in [1.29, 1.82) is 0 Å². The van der Waals surface area contributed by atoms with Gasteiger partial charge in [0, 0.05) is 5.92 Å². The zero-order valence-electron chi connectivity index (χ0n) is 10.2. The summed E-state index contributed by atoms with van der Waals surface area (Å²) in [4.78, 5) is 0. The first-order valence-corrected chi connectivity index (χ1v) is 5.82. The van der Waals surface area contributed by atoms with Gasteiger partial charge in [-0.25, -0.2) is 0 Å². The van der Waals surface area contributed by atoms with Gasteiger partial charge in [-0.2, -0.15) is 0 Å². The normalized spacial score (nSPS) is 41.1. The molecule has 1 saturated heterocycles. The molecule has 0 aromatic carbocycles. The summed E-state index contributed by atoms with van der Waals surface area (Å²) in [6.07, 6.45) is 6.40. The van der Waals surface area contributed by atoms with Gasteiger partial charge in [0.25, 0.3) is 0 Å². The Morgan fingerprint density at radius 2 is 1.87 bits per heavy atom. The van der Waals surface area contributed by atoms with Gasteiger partial charge in [-0.3, -0.25) is 0 Å². The molecule has 1 heterocycles. The molecule has 5 atom stereocenters. The Morgan fingerprint density at radius 1 is 1.20 bits per heavy atom. The highest BCUT2D eigenvalue weighted by Crippen LogP contribution is 2.36. The van der Waals surface area contributed by atoms with E-state index in [1.165, 1.54) is 0 Å². The maximum Gasteiger partial charge on any atom is 0.162 e. The third-order valence-corrected chi connectivity index (χ3v) is 3.72. The summed E-state index contributed by atoms with van der Waals surface area (Å²) in [5.74, 6) is 4.12. The van der Waals surface area contributed by atoms with E-state index in [1.807, 2.05) is 0 Å². The zero-order chi connectivity index (χ0) is 11.4. The van der Waals surface area contributed by atoms with Crippen molar-refractivity contribution >= 4 is 0 Å². The molecule has 5 unspecified atom stereocenters. The van der Waals surface area contributed by atoms with Crippen LogP contribution in [0, 0.1) is 30.1 Å². The molecule has 2 heteroatoms.